The number of carbonyl (C=O) groups excluding carboxylic acids is 2. The minimum atomic E-state index is -0.403. The lowest BCUT2D eigenvalue weighted by atomic mass is 9.88. The van der Waals surface area contributed by atoms with Gasteiger partial charge in [-0.15, -0.1) is 0 Å². The third-order valence-electron chi connectivity index (χ3n) is 4.84. The Morgan fingerprint density at radius 2 is 2.09 bits per heavy atom. The lowest BCUT2D eigenvalue weighted by Crippen LogP contribution is -2.45. The maximum Gasteiger partial charge on any atom is 0.223 e. The molecule has 0 radical (unpaired) electrons. The smallest absolute Gasteiger partial charge is 0.223 e. The van der Waals surface area contributed by atoms with Crippen LogP contribution in [0.4, 0.5) is 0 Å². The lowest BCUT2D eigenvalue weighted by Gasteiger charge is -2.33. The van der Waals surface area contributed by atoms with Crippen molar-refractivity contribution in [3.8, 4) is 5.75 Å². The molecule has 2 amide bonds. The van der Waals surface area contributed by atoms with E-state index in [0.717, 1.165) is 12.0 Å². The molecular formula is C16H18Cl2N2O3. The Bertz CT molecular complexity index is 665. The quantitative estimate of drug-likeness (QED) is 0.904. The fraction of sp³-hybridized carbons (Fsp3) is 0.500. The predicted molar refractivity (Wildman–Crippen MR) is 87.8 cm³/mol. The van der Waals surface area contributed by atoms with E-state index in [1.165, 1.54) is 0 Å². The van der Waals surface area contributed by atoms with Gasteiger partial charge >= 0.3 is 0 Å². The standard InChI is InChI=1S/C16H18Cl2N2O3/c1-23-12-3-2-11(17)15(18)14(12)9-5-10-4-8(16(19)22)6-13(21)20(10)7-9/h2-3,8-10H,4-7H2,1H3,(H2,19,22)/t8?,9-,10+/m0/s1. The van der Waals surface area contributed by atoms with Crippen LogP contribution in [-0.2, 0) is 9.59 Å². The number of methoxy groups -OCH3 is 1. The van der Waals surface area contributed by atoms with Crippen molar-refractivity contribution >= 4 is 35.0 Å². The molecule has 5 nitrogen and oxygen atoms in total. The van der Waals surface area contributed by atoms with Gasteiger partial charge in [-0.1, -0.05) is 23.2 Å². The number of hydrogen-bond donors (Lipinski definition) is 1. The van der Waals surface area contributed by atoms with Crippen LogP contribution < -0.4 is 10.5 Å². The van der Waals surface area contributed by atoms with Gasteiger partial charge in [-0.25, -0.2) is 0 Å². The molecule has 2 heterocycles. The number of amides is 2. The Morgan fingerprint density at radius 3 is 2.74 bits per heavy atom. The molecule has 2 saturated heterocycles. The molecule has 2 aliphatic heterocycles. The average molecular weight is 357 g/mol. The van der Waals surface area contributed by atoms with Crippen molar-refractivity contribution in [3.05, 3.63) is 27.7 Å². The molecule has 0 bridgehead atoms. The summed E-state index contributed by atoms with van der Waals surface area (Å²) in [4.78, 5) is 25.6. The maximum atomic E-state index is 12.3. The molecule has 23 heavy (non-hydrogen) atoms. The van der Waals surface area contributed by atoms with Crippen molar-refractivity contribution in [1.29, 1.82) is 0 Å². The van der Waals surface area contributed by atoms with Crippen LogP contribution in [0.15, 0.2) is 12.1 Å². The number of nitrogens with zero attached hydrogens (tertiary/aromatic N) is 1. The predicted octanol–water partition coefficient (Wildman–Crippen LogP) is 2.58. The Labute approximate surface area is 144 Å². The molecule has 1 unspecified atom stereocenters. The van der Waals surface area contributed by atoms with Gasteiger partial charge in [-0.3, -0.25) is 9.59 Å². The molecule has 0 aliphatic carbocycles. The van der Waals surface area contributed by atoms with Gasteiger partial charge in [0.1, 0.15) is 5.75 Å². The second-order valence-electron chi connectivity index (χ2n) is 6.15. The summed E-state index contributed by atoms with van der Waals surface area (Å²) in [5.74, 6) is -0.0939. The fourth-order valence-corrected chi connectivity index (χ4v) is 4.19. The molecule has 1 aromatic carbocycles. The van der Waals surface area contributed by atoms with Crippen molar-refractivity contribution in [3.63, 3.8) is 0 Å². The van der Waals surface area contributed by atoms with Crippen molar-refractivity contribution in [2.45, 2.75) is 31.2 Å². The molecule has 2 N–H and O–H groups in total. The Balaban J connectivity index is 1.90. The molecule has 0 aromatic heterocycles. The zero-order valence-corrected chi connectivity index (χ0v) is 14.2. The van der Waals surface area contributed by atoms with Crippen LogP contribution >= 0.6 is 23.2 Å². The molecule has 2 fully saturated rings. The number of nitrogens with two attached hydrogens (primary N) is 1. The third-order valence-corrected chi connectivity index (χ3v) is 5.65. The number of rotatable bonds is 3. The van der Waals surface area contributed by atoms with E-state index in [2.05, 4.69) is 0 Å². The fourth-order valence-electron chi connectivity index (χ4n) is 3.72. The summed E-state index contributed by atoms with van der Waals surface area (Å²) in [6.45, 7) is 0.561. The van der Waals surface area contributed by atoms with Crippen LogP contribution in [0.25, 0.3) is 0 Å². The summed E-state index contributed by atoms with van der Waals surface area (Å²) < 4.78 is 5.41. The number of hydrogen-bond acceptors (Lipinski definition) is 3. The summed E-state index contributed by atoms with van der Waals surface area (Å²) >= 11 is 12.5. The highest BCUT2D eigenvalue weighted by Crippen LogP contribution is 2.45. The molecule has 7 heteroatoms. The van der Waals surface area contributed by atoms with Gasteiger partial charge in [0.2, 0.25) is 11.8 Å². The van der Waals surface area contributed by atoms with E-state index < -0.39 is 5.91 Å². The zero-order valence-electron chi connectivity index (χ0n) is 12.7. The first-order valence-electron chi connectivity index (χ1n) is 7.53. The number of fused-ring (bicyclic) bond motifs is 1. The molecular weight excluding hydrogens is 339 g/mol. The highest BCUT2D eigenvalue weighted by Gasteiger charge is 2.43. The van der Waals surface area contributed by atoms with Gasteiger partial charge in [0.15, 0.2) is 0 Å². The number of ether oxygens (including phenoxy) is 1. The maximum absolute atomic E-state index is 12.3. The van der Waals surface area contributed by atoms with Crippen LogP contribution in [0.2, 0.25) is 10.0 Å². The third kappa shape index (κ3) is 2.88. The molecule has 0 spiro atoms. The van der Waals surface area contributed by atoms with Gasteiger partial charge < -0.3 is 15.4 Å². The largest absolute Gasteiger partial charge is 0.496 e. The minimum absolute atomic E-state index is 0.0125. The zero-order chi connectivity index (χ0) is 16.7. The van der Waals surface area contributed by atoms with Crippen LogP contribution in [-0.4, -0.2) is 36.4 Å². The average Bonchev–Trinajstić information content (AvgIpc) is 2.93. The first-order valence-corrected chi connectivity index (χ1v) is 8.28. The van der Waals surface area contributed by atoms with Gasteiger partial charge in [-0.2, -0.15) is 0 Å². The highest BCUT2D eigenvalue weighted by atomic mass is 35.5. The lowest BCUT2D eigenvalue weighted by molar-refractivity contribution is -0.140. The summed E-state index contributed by atoms with van der Waals surface area (Å²) in [7, 11) is 1.58. The topological polar surface area (TPSA) is 72.6 Å². The van der Waals surface area contributed by atoms with E-state index >= 15 is 0 Å². The second kappa shape index (κ2) is 6.21. The van der Waals surface area contributed by atoms with Gasteiger partial charge in [-0.05, 0) is 25.0 Å². The van der Waals surface area contributed by atoms with E-state index in [0.29, 0.717) is 28.8 Å². The van der Waals surface area contributed by atoms with Crippen LogP contribution in [0.1, 0.15) is 30.7 Å². The Hall–Kier alpha value is -1.46. The van der Waals surface area contributed by atoms with E-state index in [-0.39, 0.29) is 30.2 Å². The summed E-state index contributed by atoms with van der Waals surface area (Å²) in [5, 5.41) is 0.934. The van der Waals surface area contributed by atoms with E-state index in [4.69, 9.17) is 33.7 Å². The molecule has 124 valence electrons. The number of benzene rings is 1. The number of halogens is 2. The number of piperidine rings is 1. The van der Waals surface area contributed by atoms with E-state index in [9.17, 15) is 9.59 Å². The molecule has 2 aliphatic rings. The summed E-state index contributed by atoms with van der Waals surface area (Å²) in [6.07, 6.45) is 1.53. The molecule has 1 aromatic rings. The van der Waals surface area contributed by atoms with E-state index in [1.54, 1.807) is 19.2 Å². The van der Waals surface area contributed by atoms with Gasteiger partial charge in [0.25, 0.3) is 0 Å². The van der Waals surface area contributed by atoms with Crippen LogP contribution in [0.3, 0.4) is 0 Å². The first-order chi connectivity index (χ1) is 10.9. The SMILES string of the molecule is COc1ccc(Cl)c(Cl)c1[C@H]1C[C@H]2CC(C(N)=O)CC(=O)N2C1. The molecule has 3 atom stereocenters. The Kier molecular flexibility index (Phi) is 4.43. The van der Waals surface area contributed by atoms with Crippen molar-refractivity contribution in [2.24, 2.45) is 11.7 Å². The second-order valence-corrected chi connectivity index (χ2v) is 6.93. The van der Waals surface area contributed by atoms with Crippen molar-refractivity contribution < 1.29 is 14.3 Å². The first kappa shape index (κ1) is 16.4. The highest BCUT2D eigenvalue weighted by molar-refractivity contribution is 6.42. The normalized spacial score (nSPS) is 27.0. The van der Waals surface area contributed by atoms with Crippen molar-refractivity contribution in [2.75, 3.05) is 13.7 Å². The van der Waals surface area contributed by atoms with Crippen LogP contribution in [0.5, 0.6) is 5.75 Å². The number of primary amides is 1. The van der Waals surface area contributed by atoms with Gasteiger partial charge in [0.05, 0.1) is 17.2 Å². The van der Waals surface area contributed by atoms with Crippen LogP contribution in [0, 0.1) is 5.92 Å². The minimum Gasteiger partial charge on any atom is -0.496 e. The monoisotopic (exact) mass is 356 g/mol. The van der Waals surface area contributed by atoms with Crippen molar-refractivity contribution in [1.82, 2.24) is 4.90 Å². The number of carbonyl (C=O) groups is 2. The van der Waals surface area contributed by atoms with Gasteiger partial charge in [0, 0.05) is 36.4 Å². The molecule has 3 rings (SSSR count). The molecule has 0 saturated carbocycles. The summed E-state index contributed by atoms with van der Waals surface area (Å²) in [5.41, 5.74) is 6.21. The Morgan fingerprint density at radius 1 is 1.35 bits per heavy atom. The summed E-state index contributed by atoms with van der Waals surface area (Å²) in [6, 6.07) is 3.50. The van der Waals surface area contributed by atoms with E-state index in [1.807, 2.05) is 4.90 Å².